The van der Waals surface area contributed by atoms with Crippen molar-refractivity contribution < 1.29 is 0 Å². The van der Waals surface area contributed by atoms with Gasteiger partial charge in [-0.3, -0.25) is 4.98 Å². The summed E-state index contributed by atoms with van der Waals surface area (Å²) in [4.78, 5) is 10.7. The van der Waals surface area contributed by atoms with Gasteiger partial charge in [-0.15, -0.1) is 0 Å². The Hall–Kier alpha value is -0.870. The van der Waals surface area contributed by atoms with Gasteiger partial charge in [0.1, 0.15) is 11.0 Å². The quantitative estimate of drug-likeness (QED) is 0.897. The molecule has 17 heavy (non-hydrogen) atoms. The van der Waals surface area contributed by atoms with Crippen LogP contribution in [0.1, 0.15) is 26.2 Å². The monoisotopic (exact) mass is 254 g/mol. The fourth-order valence-electron chi connectivity index (χ4n) is 2.50. The number of hydrogen-bond acceptors (Lipinski definition) is 4. The highest BCUT2D eigenvalue weighted by Crippen LogP contribution is 2.28. The van der Waals surface area contributed by atoms with E-state index in [4.69, 9.17) is 17.3 Å². The van der Waals surface area contributed by atoms with E-state index in [2.05, 4.69) is 21.8 Å². The van der Waals surface area contributed by atoms with Crippen LogP contribution in [0.4, 0.5) is 5.82 Å². The SMILES string of the molecule is CCC1CCN(c2cncc(Cl)n2)C(CN)C1. The van der Waals surface area contributed by atoms with Crippen LogP contribution in [0.2, 0.25) is 5.15 Å². The lowest BCUT2D eigenvalue weighted by Crippen LogP contribution is -2.47. The predicted molar refractivity (Wildman–Crippen MR) is 70.2 cm³/mol. The van der Waals surface area contributed by atoms with Crippen LogP contribution >= 0.6 is 11.6 Å². The molecule has 1 aliphatic heterocycles. The van der Waals surface area contributed by atoms with E-state index < -0.39 is 0 Å². The van der Waals surface area contributed by atoms with Crippen molar-refractivity contribution in [2.24, 2.45) is 11.7 Å². The molecule has 0 aromatic carbocycles. The van der Waals surface area contributed by atoms with Crippen LogP contribution in [0.25, 0.3) is 0 Å². The molecule has 2 unspecified atom stereocenters. The van der Waals surface area contributed by atoms with Crippen molar-refractivity contribution in [3.05, 3.63) is 17.5 Å². The lowest BCUT2D eigenvalue weighted by atomic mass is 9.89. The summed E-state index contributed by atoms with van der Waals surface area (Å²) in [6.07, 6.45) is 6.88. The van der Waals surface area contributed by atoms with Gasteiger partial charge in [0.05, 0.1) is 12.4 Å². The Balaban J connectivity index is 2.15. The van der Waals surface area contributed by atoms with Crippen LogP contribution in [-0.4, -0.2) is 29.1 Å². The summed E-state index contributed by atoms with van der Waals surface area (Å²) in [6, 6.07) is 0.362. The lowest BCUT2D eigenvalue weighted by Gasteiger charge is -2.39. The van der Waals surface area contributed by atoms with Gasteiger partial charge in [0.25, 0.3) is 0 Å². The lowest BCUT2D eigenvalue weighted by molar-refractivity contribution is 0.334. The third kappa shape index (κ3) is 2.87. The molecule has 2 N–H and O–H groups in total. The number of nitrogens with two attached hydrogens (primary N) is 1. The number of aromatic nitrogens is 2. The van der Waals surface area contributed by atoms with E-state index in [9.17, 15) is 0 Å². The van der Waals surface area contributed by atoms with Crippen molar-refractivity contribution in [3.63, 3.8) is 0 Å². The Morgan fingerprint density at radius 2 is 2.35 bits per heavy atom. The van der Waals surface area contributed by atoms with Crippen LogP contribution in [0.5, 0.6) is 0 Å². The van der Waals surface area contributed by atoms with Gasteiger partial charge in [0.2, 0.25) is 0 Å². The molecule has 5 heteroatoms. The summed E-state index contributed by atoms with van der Waals surface area (Å²) in [7, 11) is 0. The van der Waals surface area contributed by atoms with E-state index in [1.807, 2.05) is 0 Å². The molecule has 2 atom stereocenters. The first kappa shape index (κ1) is 12.6. The molecule has 0 aliphatic carbocycles. The van der Waals surface area contributed by atoms with Gasteiger partial charge in [0, 0.05) is 19.1 Å². The van der Waals surface area contributed by atoms with E-state index in [0.29, 0.717) is 17.7 Å². The van der Waals surface area contributed by atoms with Gasteiger partial charge in [-0.05, 0) is 18.8 Å². The molecule has 0 spiro atoms. The van der Waals surface area contributed by atoms with E-state index in [0.717, 1.165) is 24.7 Å². The highest BCUT2D eigenvalue weighted by atomic mass is 35.5. The summed E-state index contributed by atoms with van der Waals surface area (Å²) in [5.41, 5.74) is 5.86. The Morgan fingerprint density at radius 3 is 3.00 bits per heavy atom. The average molecular weight is 255 g/mol. The maximum Gasteiger partial charge on any atom is 0.149 e. The van der Waals surface area contributed by atoms with Gasteiger partial charge < -0.3 is 10.6 Å². The minimum atomic E-state index is 0.362. The zero-order chi connectivity index (χ0) is 12.3. The molecule has 1 saturated heterocycles. The minimum absolute atomic E-state index is 0.362. The maximum absolute atomic E-state index is 5.88. The second-order valence-corrected chi connectivity index (χ2v) is 4.97. The predicted octanol–water partition coefficient (Wildman–Crippen LogP) is 2.08. The molecule has 1 aromatic heterocycles. The fourth-order valence-corrected chi connectivity index (χ4v) is 2.64. The molecule has 0 amide bonds. The molecule has 1 aliphatic rings. The smallest absolute Gasteiger partial charge is 0.149 e. The average Bonchev–Trinajstić information content (AvgIpc) is 2.38. The summed E-state index contributed by atoms with van der Waals surface area (Å²) in [5, 5.41) is 0.441. The van der Waals surface area contributed by atoms with Crippen molar-refractivity contribution in [2.75, 3.05) is 18.0 Å². The van der Waals surface area contributed by atoms with Crippen molar-refractivity contribution in [1.82, 2.24) is 9.97 Å². The van der Waals surface area contributed by atoms with Gasteiger partial charge in [-0.1, -0.05) is 24.9 Å². The fraction of sp³-hybridized carbons (Fsp3) is 0.667. The number of rotatable bonds is 3. The van der Waals surface area contributed by atoms with Crippen molar-refractivity contribution >= 4 is 17.4 Å². The zero-order valence-electron chi connectivity index (χ0n) is 10.1. The molecule has 4 nitrogen and oxygen atoms in total. The maximum atomic E-state index is 5.88. The zero-order valence-corrected chi connectivity index (χ0v) is 10.9. The molecule has 2 rings (SSSR count). The van der Waals surface area contributed by atoms with Gasteiger partial charge >= 0.3 is 0 Å². The summed E-state index contributed by atoms with van der Waals surface area (Å²) >= 11 is 5.88. The van der Waals surface area contributed by atoms with Crippen LogP contribution in [0, 0.1) is 5.92 Å². The topological polar surface area (TPSA) is 55.0 Å². The van der Waals surface area contributed by atoms with Crippen molar-refractivity contribution in [3.8, 4) is 0 Å². The van der Waals surface area contributed by atoms with Crippen LogP contribution < -0.4 is 10.6 Å². The molecular formula is C12H19ClN4. The number of piperidine rings is 1. The summed E-state index contributed by atoms with van der Waals surface area (Å²) in [5.74, 6) is 1.63. The molecule has 0 bridgehead atoms. The molecule has 0 radical (unpaired) electrons. The first-order valence-electron chi connectivity index (χ1n) is 6.18. The molecule has 2 heterocycles. The number of hydrogen-bond donors (Lipinski definition) is 1. The van der Waals surface area contributed by atoms with Gasteiger partial charge in [0.15, 0.2) is 0 Å². The molecule has 1 aromatic rings. The molecular weight excluding hydrogens is 236 g/mol. The van der Waals surface area contributed by atoms with Crippen LogP contribution in [-0.2, 0) is 0 Å². The Labute approximate surface area is 107 Å². The summed E-state index contributed by atoms with van der Waals surface area (Å²) in [6.45, 7) is 3.90. The first-order chi connectivity index (χ1) is 8.24. The second kappa shape index (κ2) is 5.65. The highest BCUT2D eigenvalue weighted by molar-refractivity contribution is 6.29. The van der Waals surface area contributed by atoms with Crippen LogP contribution in [0.3, 0.4) is 0 Å². The van der Waals surface area contributed by atoms with Crippen molar-refractivity contribution in [1.29, 1.82) is 0 Å². The highest BCUT2D eigenvalue weighted by Gasteiger charge is 2.27. The first-order valence-corrected chi connectivity index (χ1v) is 6.56. The second-order valence-electron chi connectivity index (χ2n) is 4.58. The Kier molecular flexibility index (Phi) is 4.18. The van der Waals surface area contributed by atoms with E-state index >= 15 is 0 Å². The van der Waals surface area contributed by atoms with Gasteiger partial charge in [-0.2, -0.15) is 0 Å². The third-order valence-corrected chi connectivity index (χ3v) is 3.74. The van der Waals surface area contributed by atoms with E-state index in [-0.39, 0.29) is 0 Å². The molecule has 94 valence electrons. The number of halogens is 1. The van der Waals surface area contributed by atoms with E-state index in [1.165, 1.54) is 12.8 Å². The standard InChI is InChI=1S/C12H19ClN4/c1-2-9-3-4-17(10(5-9)6-14)12-8-15-7-11(13)16-12/h7-10H,2-6,14H2,1H3. The minimum Gasteiger partial charge on any atom is -0.351 e. The molecule has 1 fully saturated rings. The Morgan fingerprint density at radius 1 is 1.53 bits per heavy atom. The molecule has 0 saturated carbocycles. The Bertz CT molecular complexity index is 371. The van der Waals surface area contributed by atoms with Crippen LogP contribution in [0.15, 0.2) is 12.4 Å². The van der Waals surface area contributed by atoms with Gasteiger partial charge in [-0.25, -0.2) is 4.98 Å². The normalized spacial score (nSPS) is 25.0. The summed E-state index contributed by atoms with van der Waals surface area (Å²) < 4.78 is 0. The number of anilines is 1. The van der Waals surface area contributed by atoms with E-state index in [1.54, 1.807) is 12.4 Å². The third-order valence-electron chi connectivity index (χ3n) is 3.56. The number of nitrogens with zero attached hydrogens (tertiary/aromatic N) is 3. The largest absolute Gasteiger partial charge is 0.351 e. The van der Waals surface area contributed by atoms with Crippen molar-refractivity contribution in [2.45, 2.75) is 32.2 Å².